The number of fused-ring (bicyclic) bond motifs is 1. The maximum atomic E-state index is 13.1. The van der Waals surface area contributed by atoms with E-state index in [2.05, 4.69) is 16.7 Å². The smallest absolute Gasteiger partial charge is 0.416 e. The largest absolute Gasteiger partial charge is 0.464 e. The molecule has 2 N–H and O–H groups in total. The molecule has 1 aliphatic rings. The summed E-state index contributed by atoms with van der Waals surface area (Å²) in [6.45, 7) is 2.60. The fraction of sp³-hybridized carbons (Fsp3) is 0.222. The molecule has 1 saturated heterocycles. The molecule has 4 nitrogen and oxygen atoms in total. The Balaban J connectivity index is 1.59. The predicted octanol–water partition coefficient (Wildman–Crippen LogP) is 6.11. The van der Waals surface area contributed by atoms with Crippen molar-refractivity contribution in [3.05, 3.63) is 83.6 Å². The summed E-state index contributed by atoms with van der Waals surface area (Å²) in [5.41, 5.74) is 4.70. The number of benzene rings is 3. The van der Waals surface area contributed by atoms with Crippen LogP contribution in [0.5, 0.6) is 0 Å². The van der Waals surface area contributed by atoms with Gasteiger partial charge in [-0.3, -0.25) is 0 Å². The highest BCUT2D eigenvalue weighted by Crippen LogP contribution is 2.39. The van der Waals surface area contributed by atoms with Crippen LogP contribution in [0.1, 0.15) is 23.1 Å². The fourth-order valence-corrected chi connectivity index (χ4v) is 4.39. The van der Waals surface area contributed by atoms with Gasteiger partial charge in [0.15, 0.2) is 0 Å². The zero-order valence-corrected chi connectivity index (χ0v) is 18.2. The molecule has 1 atom stereocenters. The van der Waals surface area contributed by atoms with Crippen molar-refractivity contribution < 1.29 is 17.6 Å². The van der Waals surface area contributed by atoms with Gasteiger partial charge in [0.1, 0.15) is 5.58 Å². The number of nitriles is 1. The third kappa shape index (κ3) is 4.43. The van der Waals surface area contributed by atoms with E-state index in [-0.39, 0.29) is 0 Å². The molecule has 2 heterocycles. The van der Waals surface area contributed by atoms with Crippen LogP contribution in [0.4, 0.5) is 13.2 Å². The minimum Gasteiger partial charge on any atom is -0.464 e. The number of halogens is 3. The van der Waals surface area contributed by atoms with Crippen LogP contribution < -0.4 is 10.6 Å². The Hall–Kier alpha value is -3.60. The van der Waals surface area contributed by atoms with E-state index >= 15 is 0 Å². The van der Waals surface area contributed by atoms with Crippen LogP contribution in [0.15, 0.2) is 71.3 Å². The van der Waals surface area contributed by atoms with E-state index in [4.69, 9.17) is 9.68 Å². The Bertz CT molecular complexity index is 1340. The summed E-state index contributed by atoms with van der Waals surface area (Å²) < 4.78 is 45.1. The van der Waals surface area contributed by atoms with Gasteiger partial charge >= 0.3 is 6.18 Å². The maximum absolute atomic E-state index is 13.1. The highest BCUT2D eigenvalue weighted by atomic mass is 19.4. The highest BCUT2D eigenvalue weighted by molar-refractivity contribution is 5.95. The minimum absolute atomic E-state index is 0.411. The number of hydrogen-bond acceptors (Lipinski definition) is 4. The molecule has 0 saturated carbocycles. The first-order valence-corrected chi connectivity index (χ1v) is 11.1. The molecule has 0 bridgehead atoms. The minimum atomic E-state index is -4.39. The molecule has 0 radical (unpaired) electrons. The van der Waals surface area contributed by atoms with Gasteiger partial charge in [-0.1, -0.05) is 24.3 Å². The number of rotatable bonds is 5. The SMILES string of the molecule is N#Cc1ccc(-c2cc3c(CNC4CCNC4)coc3cc2-c2ccc(C(F)(F)F)cc2)cc1. The van der Waals surface area contributed by atoms with Crippen molar-refractivity contribution in [1.82, 2.24) is 10.6 Å². The third-order valence-electron chi connectivity index (χ3n) is 6.28. The van der Waals surface area contributed by atoms with E-state index in [1.807, 2.05) is 24.3 Å². The van der Waals surface area contributed by atoms with Gasteiger partial charge in [-0.15, -0.1) is 0 Å². The van der Waals surface area contributed by atoms with Crippen molar-refractivity contribution in [2.24, 2.45) is 0 Å². The molecule has 172 valence electrons. The van der Waals surface area contributed by atoms with Crippen molar-refractivity contribution >= 4 is 11.0 Å². The van der Waals surface area contributed by atoms with Gasteiger partial charge in [0, 0.05) is 30.1 Å². The molecular formula is C27H22F3N3O. The monoisotopic (exact) mass is 461 g/mol. The first-order valence-electron chi connectivity index (χ1n) is 11.1. The summed E-state index contributed by atoms with van der Waals surface area (Å²) in [7, 11) is 0. The van der Waals surface area contributed by atoms with Gasteiger partial charge in [-0.25, -0.2) is 0 Å². The highest BCUT2D eigenvalue weighted by Gasteiger charge is 2.30. The topological polar surface area (TPSA) is 61.0 Å². The molecule has 1 fully saturated rings. The van der Waals surface area contributed by atoms with Crippen LogP contribution in [0.25, 0.3) is 33.2 Å². The summed E-state index contributed by atoms with van der Waals surface area (Å²) in [5, 5.41) is 17.0. The molecule has 0 amide bonds. The van der Waals surface area contributed by atoms with Crippen molar-refractivity contribution in [2.45, 2.75) is 25.2 Å². The lowest BCUT2D eigenvalue weighted by atomic mass is 9.92. The van der Waals surface area contributed by atoms with E-state index in [1.54, 1.807) is 18.4 Å². The Kier molecular flexibility index (Phi) is 5.86. The average molecular weight is 461 g/mol. The molecule has 34 heavy (non-hydrogen) atoms. The predicted molar refractivity (Wildman–Crippen MR) is 125 cm³/mol. The fourth-order valence-electron chi connectivity index (χ4n) is 4.39. The lowest BCUT2D eigenvalue weighted by molar-refractivity contribution is -0.137. The van der Waals surface area contributed by atoms with Crippen molar-refractivity contribution in [3.8, 4) is 28.3 Å². The second-order valence-electron chi connectivity index (χ2n) is 8.49. The Morgan fingerprint density at radius 3 is 2.29 bits per heavy atom. The zero-order valence-electron chi connectivity index (χ0n) is 18.2. The number of nitrogens with zero attached hydrogens (tertiary/aromatic N) is 1. The van der Waals surface area contributed by atoms with Gasteiger partial charge in [-0.05, 0) is 71.6 Å². The number of furan rings is 1. The quantitative estimate of drug-likeness (QED) is 0.377. The lowest BCUT2D eigenvalue weighted by Crippen LogP contribution is -2.30. The molecular weight excluding hydrogens is 439 g/mol. The van der Waals surface area contributed by atoms with Crippen molar-refractivity contribution in [3.63, 3.8) is 0 Å². The van der Waals surface area contributed by atoms with Gasteiger partial charge in [-0.2, -0.15) is 18.4 Å². The molecule has 1 aromatic heterocycles. The number of hydrogen-bond donors (Lipinski definition) is 2. The molecule has 1 aliphatic heterocycles. The van der Waals surface area contributed by atoms with Gasteiger partial charge in [0.25, 0.3) is 0 Å². The normalized spacial score (nSPS) is 16.1. The van der Waals surface area contributed by atoms with E-state index in [1.165, 1.54) is 12.1 Å². The van der Waals surface area contributed by atoms with Crippen molar-refractivity contribution in [2.75, 3.05) is 13.1 Å². The summed E-state index contributed by atoms with van der Waals surface area (Å²) in [6.07, 6.45) is -1.58. The standard InChI is InChI=1S/C27H22F3N3O/c28-27(29,30)21-7-5-19(6-8-21)24-12-26-25(11-23(24)18-3-1-17(13-31)2-4-18)20(16-34-26)14-33-22-9-10-32-15-22/h1-8,11-12,16,22,32-33H,9-10,14-15H2. The lowest BCUT2D eigenvalue weighted by Gasteiger charge is -2.14. The second-order valence-corrected chi connectivity index (χ2v) is 8.49. The number of alkyl halides is 3. The Labute approximate surface area is 195 Å². The molecule has 1 unspecified atom stereocenters. The summed E-state index contributed by atoms with van der Waals surface area (Å²) in [5.74, 6) is 0. The third-order valence-corrected chi connectivity index (χ3v) is 6.28. The van der Waals surface area contributed by atoms with Crippen LogP contribution in [0.3, 0.4) is 0 Å². The summed E-state index contributed by atoms with van der Waals surface area (Å²) in [4.78, 5) is 0. The maximum Gasteiger partial charge on any atom is 0.416 e. The molecule has 7 heteroatoms. The van der Waals surface area contributed by atoms with Crippen LogP contribution in [0, 0.1) is 11.3 Å². The Morgan fingerprint density at radius 1 is 1.00 bits per heavy atom. The van der Waals surface area contributed by atoms with Crippen LogP contribution in [0.2, 0.25) is 0 Å². The van der Waals surface area contributed by atoms with Crippen LogP contribution in [-0.4, -0.2) is 19.1 Å². The second kappa shape index (κ2) is 8.98. The van der Waals surface area contributed by atoms with Gasteiger partial charge in [0.05, 0.1) is 23.5 Å². The number of nitrogens with one attached hydrogen (secondary N) is 2. The van der Waals surface area contributed by atoms with E-state index in [0.29, 0.717) is 29.3 Å². The summed E-state index contributed by atoms with van der Waals surface area (Å²) in [6, 6.07) is 18.8. The molecule has 3 aromatic carbocycles. The average Bonchev–Trinajstić information content (AvgIpc) is 3.51. The molecule has 0 spiro atoms. The zero-order chi connectivity index (χ0) is 23.7. The first kappa shape index (κ1) is 22.2. The van der Waals surface area contributed by atoms with Crippen molar-refractivity contribution in [1.29, 1.82) is 5.26 Å². The molecule has 4 aromatic rings. The molecule has 5 rings (SSSR count). The van der Waals surface area contributed by atoms with E-state index in [9.17, 15) is 13.2 Å². The molecule has 0 aliphatic carbocycles. The van der Waals surface area contributed by atoms with E-state index in [0.717, 1.165) is 59.3 Å². The van der Waals surface area contributed by atoms with Crippen LogP contribution in [-0.2, 0) is 12.7 Å². The Morgan fingerprint density at radius 2 is 1.68 bits per heavy atom. The van der Waals surface area contributed by atoms with Gasteiger partial charge in [0.2, 0.25) is 0 Å². The summed E-state index contributed by atoms with van der Waals surface area (Å²) >= 11 is 0. The first-order chi connectivity index (χ1) is 16.4. The van der Waals surface area contributed by atoms with E-state index < -0.39 is 11.7 Å². The van der Waals surface area contributed by atoms with Crippen LogP contribution >= 0.6 is 0 Å². The van der Waals surface area contributed by atoms with Gasteiger partial charge < -0.3 is 15.1 Å².